The predicted octanol–water partition coefficient (Wildman–Crippen LogP) is 6.19. The summed E-state index contributed by atoms with van der Waals surface area (Å²) in [6.07, 6.45) is 8.79. The van der Waals surface area contributed by atoms with Gasteiger partial charge in [0.05, 0.1) is 17.8 Å². The molecule has 42 heavy (non-hydrogen) atoms. The Morgan fingerprint density at radius 3 is 2.67 bits per heavy atom. The quantitative estimate of drug-likeness (QED) is 0.253. The molecule has 1 saturated heterocycles. The number of nitrogens with two attached hydrogens (primary N) is 1. The van der Waals surface area contributed by atoms with Gasteiger partial charge in [0.15, 0.2) is 5.82 Å². The average molecular weight is 558 g/mol. The molecule has 8 rings (SSSR count). The summed E-state index contributed by atoms with van der Waals surface area (Å²) in [6.45, 7) is 3.60. The molecular formula is C35H35N5O2. The first-order valence-electron chi connectivity index (χ1n) is 15.2. The van der Waals surface area contributed by atoms with Crippen molar-refractivity contribution < 1.29 is 9.53 Å². The molecular weight excluding hydrogens is 522 g/mol. The highest BCUT2D eigenvalue weighted by molar-refractivity contribution is 6.00. The number of imidazole rings is 1. The molecule has 2 aromatic heterocycles. The van der Waals surface area contributed by atoms with Gasteiger partial charge in [0, 0.05) is 42.1 Å². The van der Waals surface area contributed by atoms with Gasteiger partial charge in [-0.15, -0.1) is 0 Å². The van der Waals surface area contributed by atoms with E-state index in [1.165, 1.54) is 34.9 Å². The Morgan fingerprint density at radius 1 is 0.976 bits per heavy atom. The summed E-state index contributed by atoms with van der Waals surface area (Å²) >= 11 is 0. The Balaban J connectivity index is 1.21. The minimum absolute atomic E-state index is 0.00695. The van der Waals surface area contributed by atoms with Crippen LogP contribution in [-0.4, -0.2) is 50.7 Å². The van der Waals surface area contributed by atoms with Crippen molar-refractivity contribution in [2.75, 3.05) is 19.7 Å². The van der Waals surface area contributed by atoms with E-state index in [0.717, 1.165) is 60.8 Å². The lowest BCUT2D eigenvalue weighted by Crippen LogP contribution is -2.45. The van der Waals surface area contributed by atoms with Crippen LogP contribution in [0.15, 0.2) is 66.7 Å². The first-order valence-corrected chi connectivity index (χ1v) is 15.2. The number of rotatable bonds is 6. The zero-order valence-electron chi connectivity index (χ0n) is 23.7. The maximum Gasteiger partial charge on any atom is 0.254 e. The number of carbonyl (C=O) groups excluding carboxylic acids is 1. The number of fused-ring (bicyclic) bond motifs is 1. The van der Waals surface area contributed by atoms with Crippen LogP contribution >= 0.6 is 0 Å². The molecule has 7 nitrogen and oxygen atoms in total. The van der Waals surface area contributed by atoms with Gasteiger partial charge < -0.3 is 24.5 Å². The van der Waals surface area contributed by atoms with E-state index in [-0.39, 0.29) is 11.9 Å². The molecule has 1 amide bonds. The first kappa shape index (κ1) is 25.4. The zero-order chi connectivity index (χ0) is 28.2. The maximum absolute atomic E-state index is 13.5. The number of aromatic nitrogens is 3. The smallest absolute Gasteiger partial charge is 0.254 e. The molecule has 212 valence electrons. The van der Waals surface area contributed by atoms with Crippen molar-refractivity contribution in [3.63, 3.8) is 0 Å². The van der Waals surface area contributed by atoms with Gasteiger partial charge in [-0.1, -0.05) is 48.6 Å². The van der Waals surface area contributed by atoms with E-state index in [2.05, 4.69) is 69.8 Å². The van der Waals surface area contributed by atoms with Gasteiger partial charge in [-0.3, -0.25) is 4.79 Å². The van der Waals surface area contributed by atoms with Crippen LogP contribution in [0.4, 0.5) is 0 Å². The predicted molar refractivity (Wildman–Crippen MR) is 167 cm³/mol. The second-order valence-electron chi connectivity index (χ2n) is 12.1. The molecule has 1 unspecified atom stereocenters. The third kappa shape index (κ3) is 4.58. The van der Waals surface area contributed by atoms with Crippen LogP contribution in [-0.2, 0) is 13.1 Å². The van der Waals surface area contributed by atoms with Gasteiger partial charge in [-0.05, 0) is 73.1 Å². The van der Waals surface area contributed by atoms with Gasteiger partial charge in [0.2, 0.25) is 0 Å². The van der Waals surface area contributed by atoms with E-state index in [9.17, 15) is 4.79 Å². The van der Waals surface area contributed by atoms with E-state index >= 15 is 0 Å². The molecule has 2 fully saturated rings. The average Bonchev–Trinajstić information content (AvgIpc) is 3.67. The van der Waals surface area contributed by atoms with Gasteiger partial charge in [0.25, 0.3) is 5.91 Å². The minimum atomic E-state index is 0.00695. The lowest BCUT2D eigenvalue weighted by atomic mass is 10.0. The van der Waals surface area contributed by atoms with Crippen molar-refractivity contribution in [1.29, 1.82) is 0 Å². The molecule has 3 aliphatic rings. The van der Waals surface area contributed by atoms with E-state index in [1.807, 2.05) is 23.1 Å². The molecule has 5 aromatic rings. The number of ether oxygens (including phenoxy) is 1. The van der Waals surface area contributed by atoms with Crippen LogP contribution in [0.5, 0.6) is 5.75 Å². The summed E-state index contributed by atoms with van der Waals surface area (Å²) in [6, 6.07) is 23.3. The van der Waals surface area contributed by atoms with Gasteiger partial charge in [0.1, 0.15) is 17.9 Å². The Bertz CT molecular complexity index is 1850. The summed E-state index contributed by atoms with van der Waals surface area (Å²) in [7, 11) is 0. The SMILES string of the molecule is NC1CCCN(C(=O)c2cc3c4c(c2)nc(-c2cc5cc(C=Cc6ccccc6)ccc5n2CC2CC2)n4CCO3)C1. The number of benzene rings is 3. The number of hydrogen-bond donors (Lipinski definition) is 1. The Kier molecular flexibility index (Phi) is 6.14. The third-order valence-corrected chi connectivity index (χ3v) is 8.93. The topological polar surface area (TPSA) is 78.3 Å². The molecule has 1 aliphatic carbocycles. The first-order chi connectivity index (χ1) is 20.6. The molecule has 3 aromatic carbocycles. The number of likely N-dealkylation sites (tertiary alicyclic amines) is 1. The summed E-state index contributed by atoms with van der Waals surface area (Å²) in [5.41, 5.74) is 13.3. The fourth-order valence-electron chi connectivity index (χ4n) is 6.59. The highest BCUT2D eigenvalue weighted by Crippen LogP contribution is 2.39. The van der Waals surface area contributed by atoms with Crippen LogP contribution in [0, 0.1) is 5.92 Å². The third-order valence-electron chi connectivity index (χ3n) is 8.93. The molecule has 2 aliphatic heterocycles. The van der Waals surface area contributed by atoms with Crippen molar-refractivity contribution >= 4 is 40.0 Å². The standard InChI is InChI=1S/C35H35N5O2/c36-28-7-4-14-38(22-28)35(41)27-18-29-33-32(20-27)42-16-15-39(33)34(37-29)31-19-26-17-24(9-8-23-5-2-1-3-6-23)12-13-30(26)40(31)21-25-10-11-25/h1-3,5-6,8-9,12-13,17-20,25,28H,4,7,10-11,14-16,21-22,36H2. The number of carbonyl (C=O) groups is 1. The lowest BCUT2D eigenvalue weighted by Gasteiger charge is -2.31. The normalized spacial score (nSPS) is 18.7. The van der Waals surface area contributed by atoms with Crippen molar-refractivity contribution in [3.05, 3.63) is 83.4 Å². The maximum atomic E-state index is 13.5. The Hall–Kier alpha value is -4.36. The highest BCUT2D eigenvalue weighted by atomic mass is 16.5. The van der Waals surface area contributed by atoms with E-state index in [1.54, 1.807) is 0 Å². The zero-order valence-corrected chi connectivity index (χ0v) is 23.7. The number of nitrogens with zero attached hydrogens (tertiary/aromatic N) is 4. The van der Waals surface area contributed by atoms with Crippen LogP contribution in [0.1, 0.15) is 47.2 Å². The van der Waals surface area contributed by atoms with Crippen molar-refractivity contribution in [3.8, 4) is 17.3 Å². The largest absolute Gasteiger partial charge is 0.489 e. The van der Waals surface area contributed by atoms with Crippen molar-refractivity contribution in [2.24, 2.45) is 11.7 Å². The van der Waals surface area contributed by atoms with Crippen LogP contribution < -0.4 is 10.5 Å². The van der Waals surface area contributed by atoms with Crippen LogP contribution in [0.25, 0.3) is 45.6 Å². The summed E-state index contributed by atoms with van der Waals surface area (Å²) in [4.78, 5) is 20.6. The van der Waals surface area contributed by atoms with Crippen LogP contribution in [0.3, 0.4) is 0 Å². The van der Waals surface area contributed by atoms with E-state index in [4.69, 9.17) is 15.5 Å². The number of amides is 1. The van der Waals surface area contributed by atoms with Crippen molar-refractivity contribution in [1.82, 2.24) is 19.0 Å². The van der Waals surface area contributed by atoms with Gasteiger partial charge in [-0.25, -0.2) is 4.98 Å². The number of piperidine rings is 1. The van der Waals surface area contributed by atoms with E-state index in [0.29, 0.717) is 24.6 Å². The fourth-order valence-corrected chi connectivity index (χ4v) is 6.59. The summed E-state index contributed by atoms with van der Waals surface area (Å²) in [5.74, 6) is 2.40. The molecule has 0 bridgehead atoms. The summed E-state index contributed by atoms with van der Waals surface area (Å²) < 4.78 is 10.9. The molecule has 2 N–H and O–H groups in total. The van der Waals surface area contributed by atoms with E-state index < -0.39 is 0 Å². The fraction of sp³-hybridized carbons (Fsp3) is 0.314. The van der Waals surface area contributed by atoms with Crippen molar-refractivity contribution in [2.45, 2.75) is 44.8 Å². The molecule has 0 spiro atoms. The Morgan fingerprint density at radius 2 is 1.83 bits per heavy atom. The second-order valence-corrected chi connectivity index (χ2v) is 12.1. The molecule has 4 heterocycles. The number of hydrogen-bond acceptors (Lipinski definition) is 4. The monoisotopic (exact) mass is 557 g/mol. The molecule has 1 saturated carbocycles. The second kappa shape index (κ2) is 10.2. The molecule has 7 heteroatoms. The molecule has 0 radical (unpaired) electrons. The lowest BCUT2D eigenvalue weighted by molar-refractivity contribution is 0.0708. The highest BCUT2D eigenvalue weighted by Gasteiger charge is 2.29. The van der Waals surface area contributed by atoms with Gasteiger partial charge >= 0.3 is 0 Å². The van der Waals surface area contributed by atoms with Gasteiger partial charge in [-0.2, -0.15) is 0 Å². The Labute approximate surface area is 245 Å². The summed E-state index contributed by atoms with van der Waals surface area (Å²) in [5, 5.41) is 1.21. The molecule has 1 atom stereocenters. The minimum Gasteiger partial charge on any atom is -0.489 e. The van der Waals surface area contributed by atoms with Crippen LogP contribution in [0.2, 0.25) is 0 Å².